The van der Waals surface area contributed by atoms with Crippen LogP contribution < -0.4 is 5.32 Å². The number of para-hydroxylation sites is 1. The summed E-state index contributed by atoms with van der Waals surface area (Å²) in [6, 6.07) is 11.1. The standard InChI is InChI=1S/C15H24N2S/c1-13(11-16-14-7-5-4-6-8-14)17-9-10-18-15(2,3)12-17/h4-8,13,16H,9-12H2,1-3H3. The van der Waals surface area contributed by atoms with Gasteiger partial charge in [-0.1, -0.05) is 18.2 Å². The predicted octanol–water partition coefficient (Wildman–Crippen LogP) is 3.31. The molecule has 1 atom stereocenters. The van der Waals surface area contributed by atoms with Crippen LogP contribution in [0.3, 0.4) is 0 Å². The molecule has 1 aliphatic heterocycles. The lowest BCUT2D eigenvalue weighted by Crippen LogP contribution is -2.49. The van der Waals surface area contributed by atoms with Gasteiger partial charge < -0.3 is 5.32 Å². The minimum atomic E-state index is 0.402. The van der Waals surface area contributed by atoms with Gasteiger partial charge in [0.1, 0.15) is 0 Å². The minimum absolute atomic E-state index is 0.402. The Labute approximate surface area is 115 Å². The molecule has 0 aromatic heterocycles. The maximum Gasteiger partial charge on any atom is 0.0340 e. The molecule has 0 spiro atoms. The Morgan fingerprint density at radius 3 is 2.72 bits per heavy atom. The van der Waals surface area contributed by atoms with E-state index in [1.807, 2.05) is 0 Å². The van der Waals surface area contributed by atoms with Crippen LogP contribution in [0.5, 0.6) is 0 Å². The Hall–Kier alpha value is -0.670. The monoisotopic (exact) mass is 264 g/mol. The van der Waals surface area contributed by atoms with E-state index in [1.165, 1.54) is 24.5 Å². The van der Waals surface area contributed by atoms with Gasteiger partial charge in [0.25, 0.3) is 0 Å². The molecule has 2 rings (SSSR count). The van der Waals surface area contributed by atoms with Gasteiger partial charge in [-0.05, 0) is 32.9 Å². The molecule has 0 radical (unpaired) electrons. The normalized spacial score (nSPS) is 21.5. The summed E-state index contributed by atoms with van der Waals surface area (Å²) in [4.78, 5) is 2.60. The maximum absolute atomic E-state index is 3.52. The van der Waals surface area contributed by atoms with E-state index in [2.05, 4.69) is 73.1 Å². The Bertz CT molecular complexity index is 364. The molecule has 1 aromatic rings. The Morgan fingerprint density at radius 2 is 2.06 bits per heavy atom. The molecule has 1 aliphatic rings. The molecule has 2 nitrogen and oxygen atoms in total. The van der Waals surface area contributed by atoms with Crippen LogP contribution >= 0.6 is 11.8 Å². The van der Waals surface area contributed by atoms with Gasteiger partial charge in [-0.2, -0.15) is 11.8 Å². The number of nitrogens with one attached hydrogen (secondary N) is 1. The highest BCUT2D eigenvalue weighted by Crippen LogP contribution is 2.30. The molecule has 1 unspecified atom stereocenters. The van der Waals surface area contributed by atoms with E-state index in [9.17, 15) is 0 Å². The Kier molecular flexibility index (Phi) is 4.57. The highest BCUT2D eigenvalue weighted by atomic mass is 32.2. The van der Waals surface area contributed by atoms with Crippen LogP contribution in [0.15, 0.2) is 30.3 Å². The minimum Gasteiger partial charge on any atom is -0.383 e. The predicted molar refractivity (Wildman–Crippen MR) is 82.5 cm³/mol. The summed E-state index contributed by atoms with van der Waals surface area (Å²) in [7, 11) is 0. The van der Waals surface area contributed by atoms with E-state index in [-0.39, 0.29) is 0 Å². The topological polar surface area (TPSA) is 15.3 Å². The van der Waals surface area contributed by atoms with Crippen LogP contribution in [0.4, 0.5) is 5.69 Å². The van der Waals surface area contributed by atoms with Gasteiger partial charge in [-0.25, -0.2) is 0 Å². The second-order valence-electron chi connectivity index (χ2n) is 5.67. The van der Waals surface area contributed by atoms with E-state index in [0.29, 0.717) is 10.8 Å². The van der Waals surface area contributed by atoms with E-state index < -0.39 is 0 Å². The first-order chi connectivity index (χ1) is 8.57. The van der Waals surface area contributed by atoms with Crippen LogP contribution in [0, 0.1) is 0 Å². The van der Waals surface area contributed by atoms with Crippen LogP contribution in [-0.2, 0) is 0 Å². The van der Waals surface area contributed by atoms with Gasteiger partial charge in [0, 0.05) is 41.9 Å². The fraction of sp³-hybridized carbons (Fsp3) is 0.600. The number of thioether (sulfide) groups is 1. The molecule has 1 saturated heterocycles. The summed E-state index contributed by atoms with van der Waals surface area (Å²) >= 11 is 2.09. The van der Waals surface area contributed by atoms with Crippen molar-refractivity contribution >= 4 is 17.4 Å². The van der Waals surface area contributed by atoms with Gasteiger partial charge in [-0.3, -0.25) is 4.90 Å². The lowest BCUT2D eigenvalue weighted by Gasteiger charge is -2.40. The third-order valence-corrected chi connectivity index (χ3v) is 4.75. The molecule has 100 valence electrons. The number of nitrogens with zero attached hydrogens (tertiary/aromatic N) is 1. The van der Waals surface area contributed by atoms with E-state index >= 15 is 0 Å². The zero-order valence-corrected chi connectivity index (χ0v) is 12.5. The van der Waals surface area contributed by atoms with Gasteiger partial charge >= 0.3 is 0 Å². The molecule has 1 N–H and O–H groups in total. The maximum atomic E-state index is 3.52. The summed E-state index contributed by atoms with van der Waals surface area (Å²) in [6.07, 6.45) is 0. The van der Waals surface area contributed by atoms with Crippen molar-refractivity contribution in [3.63, 3.8) is 0 Å². The molecule has 1 fully saturated rings. The van der Waals surface area contributed by atoms with Gasteiger partial charge in [0.15, 0.2) is 0 Å². The average molecular weight is 264 g/mol. The van der Waals surface area contributed by atoms with Crippen molar-refractivity contribution in [3.05, 3.63) is 30.3 Å². The molecule has 1 heterocycles. The quantitative estimate of drug-likeness (QED) is 0.898. The lowest BCUT2D eigenvalue weighted by molar-refractivity contribution is 0.207. The first-order valence-corrected chi connectivity index (χ1v) is 7.72. The Morgan fingerprint density at radius 1 is 1.33 bits per heavy atom. The zero-order valence-electron chi connectivity index (χ0n) is 11.6. The number of benzene rings is 1. The van der Waals surface area contributed by atoms with Gasteiger partial charge in [0.2, 0.25) is 0 Å². The first kappa shape index (κ1) is 13.8. The fourth-order valence-electron chi connectivity index (χ4n) is 2.38. The fourth-order valence-corrected chi connectivity index (χ4v) is 3.52. The highest BCUT2D eigenvalue weighted by Gasteiger charge is 2.29. The summed E-state index contributed by atoms with van der Waals surface area (Å²) in [5, 5.41) is 3.52. The van der Waals surface area contributed by atoms with Crippen molar-refractivity contribution < 1.29 is 0 Å². The number of hydrogen-bond donors (Lipinski definition) is 1. The van der Waals surface area contributed by atoms with Crippen molar-refractivity contribution in [2.24, 2.45) is 0 Å². The highest BCUT2D eigenvalue weighted by molar-refractivity contribution is 8.00. The van der Waals surface area contributed by atoms with Gasteiger partial charge in [0.05, 0.1) is 0 Å². The van der Waals surface area contributed by atoms with Crippen LogP contribution in [0.1, 0.15) is 20.8 Å². The third-order valence-electron chi connectivity index (χ3n) is 3.45. The van der Waals surface area contributed by atoms with E-state index in [4.69, 9.17) is 0 Å². The number of rotatable bonds is 4. The van der Waals surface area contributed by atoms with Crippen molar-refractivity contribution in [2.75, 3.05) is 30.7 Å². The lowest BCUT2D eigenvalue weighted by atomic mass is 10.1. The average Bonchev–Trinajstić information content (AvgIpc) is 2.36. The largest absolute Gasteiger partial charge is 0.383 e. The smallest absolute Gasteiger partial charge is 0.0340 e. The number of anilines is 1. The third kappa shape index (κ3) is 3.92. The van der Waals surface area contributed by atoms with Gasteiger partial charge in [-0.15, -0.1) is 0 Å². The summed E-state index contributed by atoms with van der Waals surface area (Å²) in [6.45, 7) is 10.4. The van der Waals surface area contributed by atoms with E-state index in [0.717, 1.165) is 6.54 Å². The summed E-state index contributed by atoms with van der Waals surface area (Å²) in [5.74, 6) is 1.25. The second-order valence-corrected chi connectivity index (χ2v) is 7.48. The molecule has 18 heavy (non-hydrogen) atoms. The van der Waals surface area contributed by atoms with Crippen molar-refractivity contribution in [3.8, 4) is 0 Å². The summed E-state index contributed by atoms with van der Waals surface area (Å²) in [5.41, 5.74) is 1.22. The zero-order chi connectivity index (χ0) is 13.0. The van der Waals surface area contributed by atoms with Crippen molar-refractivity contribution in [1.82, 2.24) is 4.90 Å². The molecule has 1 aromatic carbocycles. The van der Waals surface area contributed by atoms with Crippen LogP contribution in [0.25, 0.3) is 0 Å². The molecule has 0 bridgehead atoms. The SMILES string of the molecule is CC(CNc1ccccc1)N1CCSC(C)(C)C1. The van der Waals surface area contributed by atoms with Crippen molar-refractivity contribution in [2.45, 2.75) is 31.6 Å². The molecule has 0 amide bonds. The molecule has 0 aliphatic carbocycles. The molecule has 0 saturated carbocycles. The summed E-state index contributed by atoms with van der Waals surface area (Å²) < 4.78 is 0.402. The number of hydrogen-bond acceptors (Lipinski definition) is 3. The van der Waals surface area contributed by atoms with Crippen molar-refractivity contribution in [1.29, 1.82) is 0 Å². The molecular formula is C15H24N2S. The molecule has 3 heteroatoms. The Balaban J connectivity index is 1.83. The van der Waals surface area contributed by atoms with Crippen LogP contribution in [0.2, 0.25) is 0 Å². The van der Waals surface area contributed by atoms with E-state index in [1.54, 1.807) is 0 Å². The second kappa shape index (κ2) is 5.98. The first-order valence-electron chi connectivity index (χ1n) is 6.74. The van der Waals surface area contributed by atoms with Crippen LogP contribution in [-0.4, -0.2) is 41.1 Å². The molecular weight excluding hydrogens is 240 g/mol.